The number of carbonyl (C=O) groups is 1. The first-order valence-electron chi connectivity index (χ1n) is 4.40. The second kappa shape index (κ2) is 5.72. The highest BCUT2D eigenvalue weighted by Crippen LogP contribution is 2.15. The van der Waals surface area contributed by atoms with E-state index in [0.29, 0.717) is 23.5 Å². The van der Waals surface area contributed by atoms with E-state index in [0.717, 1.165) is 6.42 Å². The van der Waals surface area contributed by atoms with Crippen molar-refractivity contribution in [3.8, 4) is 0 Å². The fraction of sp³-hybridized carbons (Fsp3) is 0.333. The number of nitrogens with two attached hydrogens (primary N) is 1. The van der Waals surface area contributed by atoms with Crippen LogP contribution in [0.25, 0.3) is 0 Å². The summed E-state index contributed by atoms with van der Waals surface area (Å²) in [5, 5.41) is 2.78. The van der Waals surface area contributed by atoms with Gasteiger partial charge < -0.3 is 15.5 Å². The Morgan fingerprint density at radius 1 is 1.67 bits per heavy atom. The minimum Gasteiger partial charge on any atom is -0.452 e. The van der Waals surface area contributed by atoms with Crippen LogP contribution in [0.1, 0.15) is 23.2 Å². The zero-order valence-electron chi connectivity index (χ0n) is 7.96. The van der Waals surface area contributed by atoms with E-state index in [1.807, 2.05) is 0 Å². The molecule has 1 rings (SSSR count). The molecule has 0 aromatic carbocycles. The molecule has 82 valence electrons. The summed E-state index contributed by atoms with van der Waals surface area (Å²) in [4.78, 5) is 11.9. The van der Waals surface area contributed by atoms with Crippen molar-refractivity contribution < 1.29 is 9.21 Å². The Balaban J connectivity index is 2.31. The summed E-state index contributed by atoms with van der Waals surface area (Å²) in [5.74, 6) is -0.253. The molecular weight excluding hydrogens is 236 g/mol. The molecule has 0 aliphatic heterocycles. The average molecular weight is 247 g/mol. The Labute approximate surface area is 97.8 Å². The van der Waals surface area contributed by atoms with Crippen LogP contribution in [0.4, 0.5) is 0 Å². The van der Waals surface area contributed by atoms with E-state index in [1.54, 1.807) is 0 Å². The van der Waals surface area contributed by atoms with E-state index >= 15 is 0 Å². The molecule has 0 bridgehead atoms. The van der Waals surface area contributed by atoms with Crippen LogP contribution in [0.2, 0.25) is 5.22 Å². The number of hydrogen-bond donors (Lipinski definition) is 2. The van der Waals surface area contributed by atoms with E-state index < -0.39 is 0 Å². The average Bonchev–Trinajstić information content (AvgIpc) is 2.58. The zero-order valence-corrected chi connectivity index (χ0v) is 9.53. The molecule has 1 heterocycles. The second-order valence-corrected chi connectivity index (χ2v) is 3.80. The Morgan fingerprint density at radius 3 is 2.93 bits per heavy atom. The van der Waals surface area contributed by atoms with Crippen LogP contribution in [-0.2, 0) is 0 Å². The Morgan fingerprint density at radius 2 is 2.40 bits per heavy atom. The molecular formula is C9H11ClN2O2S. The summed E-state index contributed by atoms with van der Waals surface area (Å²) in [7, 11) is 0. The minimum atomic E-state index is -0.253. The molecule has 0 aliphatic rings. The van der Waals surface area contributed by atoms with Gasteiger partial charge in [-0.2, -0.15) is 0 Å². The molecule has 0 radical (unpaired) electrons. The quantitative estimate of drug-likeness (QED) is 0.613. The van der Waals surface area contributed by atoms with Gasteiger partial charge in [-0.15, -0.1) is 0 Å². The van der Waals surface area contributed by atoms with Crippen molar-refractivity contribution in [3.63, 3.8) is 0 Å². The Kier molecular flexibility index (Phi) is 4.58. The molecule has 6 heteroatoms. The van der Waals surface area contributed by atoms with Gasteiger partial charge in [0.15, 0.2) is 0 Å². The number of nitrogens with one attached hydrogen (secondary N) is 1. The molecule has 0 saturated heterocycles. The maximum absolute atomic E-state index is 11.5. The smallest absolute Gasteiger partial charge is 0.256 e. The molecule has 0 aliphatic carbocycles. The zero-order chi connectivity index (χ0) is 11.3. The van der Waals surface area contributed by atoms with Crippen LogP contribution in [0.3, 0.4) is 0 Å². The predicted molar refractivity (Wildman–Crippen MR) is 62.1 cm³/mol. The summed E-state index contributed by atoms with van der Waals surface area (Å²) >= 11 is 10.3. The molecule has 0 unspecified atom stereocenters. The monoisotopic (exact) mass is 246 g/mol. The van der Waals surface area contributed by atoms with Crippen LogP contribution in [-0.4, -0.2) is 17.4 Å². The second-order valence-electron chi connectivity index (χ2n) is 2.93. The van der Waals surface area contributed by atoms with Crippen LogP contribution >= 0.6 is 23.8 Å². The van der Waals surface area contributed by atoms with Crippen LogP contribution in [0.15, 0.2) is 16.7 Å². The molecule has 0 atom stereocenters. The first-order valence-corrected chi connectivity index (χ1v) is 5.19. The third-order valence-electron chi connectivity index (χ3n) is 1.75. The van der Waals surface area contributed by atoms with Crippen molar-refractivity contribution in [2.45, 2.75) is 12.8 Å². The number of carbonyl (C=O) groups excluding carboxylic acids is 1. The number of hydrogen-bond acceptors (Lipinski definition) is 3. The van der Waals surface area contributed by atoms with Crippen LogP contribution < -0.4 is 11.1 Å². The van der Waals surface area contributed by atoms with Crippen molar-refractivity contribution in [3.05, 3.63) is 23.1 Å². The molecule has 0 fully saturated rings. The predicted octanol–water partition coefficient (Wildman–Crippen LogP) is 1.73. The van der Waals surface area contributed by atoms with Crippen molar-refractivity contribution in [1.29, 1.82) is 0 Å². The van der Waals surface area contributed by atoms with Gasteiger partial charge in [-0.1, -0.05) is 12.2 Å². The van der Waals surface area contributed by atoms with Gasteiger partial charge in [-0.05, 0) is 30.5 Å². The topological polar surface area (TPSA) is 68.3 Å². The van der Waals surface area contributed by atoms with E-state index in [4.69, 9.17) is 34.0 Å². The van der Waals surface area contributed by atoms with E-state index in [-0.39, 0.29) is 11.1 Å². The first kappa shape index (κ1) is 12.0. The standard InChI is InChI=1S/C9H11ClN2O2S/c10-8-6(3-5-14-8)9(13)12-4-1-2-7(11)15/h3,5H,1-2,4H2,(H2,11,15)(H,12,13). The minimum absolute atomic E-state index is 0.0989. The number of halogens is 1. The summed E-state index contributed by atoms with van der Waals surface area (Å²) in [6, 6.07) is 1.52. The van der Waals surface area contributed by atoms with Crippen molar-refractivity contribution >= 4 is 34.7 Å². The summed E-state index contributed by atoms with van der Waals surface area (Å²) < 4.78 is 4.79. The lowest BCUT2D eigenvalue weighted by molar-refractivity contribution is 0.0953. The summed E-state index contributed by atoms with van der Waals surface area (Å²) in [5.41, 5.74) is 5.65. The molecule has 0 saturated carbocycles. The highest BCUT2D eigenvalue weighted by Gasteiger charge is 2.11. The van der Waals surface area contributed by atoms with Crippen LogP contribution in [0, 0.1) is 0 Å². The third kappa shape index (κ3) is 3.89. The lowest BCUT2D eigenvalue weighted by atomic mass is 10.3. The fourth-order valence-electron chi connectivity index (χ4n) is 1.02. The van der Waals surface area contributed by atoms with Gasteiger partial charge in [0.25, 0.3) is 5.91 Å². The summed E-state index contributed by atoms with van der Waals surface area (Å²) in [6.45, 7) is 0.512. The van der Waals surface area contributed by atoms with Gasteiger partial charge in [0.05, 0.1) is 16.8 Å². The summed E-state index contributed by atoms with van der Waals surface area (Å²) in [6.07, 6.45) is 2.71. The van der Waals surface area contributed by atoms with Crippen molar-refractivity contribution in [2.75, 3.05) is 6.54 Å². The molecule has 15 heavy (non-hydrogen) atoms. The maximum Gasteiger partial charge on any atom is 0.256 e. The van der Waals surface area contributed by atoms with Gasteiger partial charge >= 0.3 is 0 Å². The molecule has 3 N–H and O–H groups in total. The normalized spacial score (nSPS) is 9.93. The highest BCUT2D eigenvalue weighted by molar-refractivity contribution is 7.80. The van der Waals surface area contributed by atoms with Gasteiger partial charge in [0.2, 0.25) is 5.22 Å². The molecule has 0 spiro atoms. The number of rotatable bonds is 5. The SMILES string of the molecule is NC(=S)CCCNC(=O)c1ccoc1Cl. The molecule has 1 amide bonds. The van der Waals surface area contributed by atoms with Crippen molar-refractivity contribution in [1.82, 2.24) is 5.32 Å². The first-order chi connectivity index (χ1) is 7.11. The van der Waals surface area contributed by atoms with Gasteiger partial charge in [0.1, 0.15) is 0 Å². The van der Waals surface area contributed by atoms with E-state index in [1.165, 1.54) is 12.3 Å². The maximum atomic E-state index is 11.5. The third-order valence-corrected chi connectivity index (χ3v) is 2.24. The van der Waals surface area contributed by atoms with E-state index in [2.05, 4.69) is 5.32 Å². The van der Waals surface area contributed by atoms with Gasteiger partial charge in [-0.25, -0.2) is 0 Å². The van der Waals surface area contributed by atoms with Crippen molar-refractivity contribution in [2.24, 2.45) is 5.73 Å². The molecule has 4 nitrogen and oxygen atoms in total. The number of amides is 1. The highest BCUT2D eigenvalue weighted by atomic mass is 35.5. The lowest BCUT2D eigenvalue weighted by Gasteiger charge is -2.02. The van der Waals surface area contributed by atoms with Gasteiger partial charge in [0, 0.05) is 6.54 Å². The van der Waals surface area contributed by atoms with Gasteiger partial charge in [-0.3, -0.25) is 4.79 Å². The fourth-order valence-corrected chi connectivity index (χ4v) is 1.36. The number of furan rings is 1. The van der Waals surface area contributed by atoms with Crippen LogP contribution in [0.5, 0.6) is 0 Å². The molecule has 1 aromatic rings. The number of thiocarbonyl (C=S) groups is 1. The lowest BCUT2D eigenvalue weighted by Crippen LogP contribution is -2.25. The Hall–Kier alpha value is -1.07. The molecule has 1 aromatic heterocycles. The van der Waals surface area contributed by atoms with E-state index in [9.17, 15) is 4.79 Å². The largest absolute Gasteiger partial charge is 0.452 e. The Bertz CT molecular complexity index is 365.